The largest absolute Gasteiger partial charge is 0.472 e. The number of hydrogen-bond acceptors (Lipinski definition) is 7. The number of allylic oxidation sites excluding steroid dienone is 4. The van der Waals surface area contributed by atoms with Crippen molar-refractivity contribution in [1.29, 1.82) is 0 Å². The monoisotopic (exact) mass is 659 g/mol. The predicted octanol–water partition coefficient (Wildman–Crippen LogP) is 10.1. The maximum atomic E-state index is 12.5. The maximum Gasteiger partial charge on any atom is 0.472 e. The highest BCUT2D eigenvalue weighted by Gasteiger charge is 2.25. The van der Waals surface area contributed by atoms with Crippen LogP contribution in [0.25, 0.3) is 0 Å². The molecule has 0 heterocycles. The van der Waals surface area contributed by atoms with Crippen LogP contribution in [-0.4, -0.2) is 49.9 Å². The Morgan fingerprint density at radius 3 is 1.69 bits per heavy atom. The van der Waals surface area contributed by atoms with Crippen molar-refractivity contribution in [1.82, 2.24) is 0 Å². The summed E-state index contributed by atoms with van der Waals surface area (Å²) in [6, 6.07) is 0. The van der Waals surface area contributed by atoms with Crippen molar-refractivity contribution in [3.05, 3.63) is 24.3 Å². The first kappa shape index (κ1) is 44.0. The van der Waals surface area contributed by atoms with Gasteiger partial charge in [-0.25, -0.2) is 4.57 Å². The van der Waals surface area contributed by atoms with Gasteiger partial charge in [0.05, 0.1) is 19.8 Å². The lowest BCUT2D eigenvalue weighted by Crippen LogP contribution is -2.28. The summed E-state index contributed by atoms with van der Waals surface area (Å²) >= 11 is 0. The van der Waals surface area contributed by atoms with E-state index in [4.69, 9.17) is 24.3 Å². The van der Waals surface area contributed by atoms with Crippen LogP contribution in [0.5, 0.6) is 0 Å². The fraction of sp³-hybridized carbons (Fsp3) is 0.861. The minimum atomic E-state index is -4.27. The highest BCUT2D eigenvalue weighted by Crippen LogP contribution is 2.43. The molecule has 0 aromatic rings. The van der Waals surface area contributed by atoms with Gasteiger partial charge in [0, 0.05) is 19.6 Å². The summed E-state index contributed by atoms with van der Waals surface area (Å²) in [7, 11) is -4.27. The van der Waals surface area contributed by atoms with Crippen molar-refractivity contribution in [2.45, 2.75) is 168 Å². The number of rotatable bonds is 35. The Labute approximate surface area is 276 Å². The Kier molecular flexibility index (Phi) is 33.5. The Morgan fingerprint density at radius 2 is 1.13 bits per heavy atom. The molecule has 0 aromatic heterocycles. The Bertz CT molecular complexity index is 747. The third kappa shape index (κ3) is 34.1. The van der Waals surface area contributed by atoms with E-state index >= 15 is 0 Å². The summed E-state index contributed by atoms with van der Waals surface area (Å²) in [5.41, 5.74) is 5.34. The SMILES string of the molecule is CCCC/C=C\CCCCCCCCOCC(COP(=O)(O)OCCN)OC(=O)CCCCCCC/C=C\CCCCCCC. The first-order chi connectivity index (χ1) is 21.9. The minimum absolute atomic E-state index is 0.0974. The van der Waals surface area contributed by atoms with Gasteiger partial charge < -0.3 is 20.1 Å². The molecule has 266 valence electrons. The van der Waals surface area contributed by atoms with Crippen LogP contribution < -0.4 is 5.73 Å². The van der Waals surface area contributed by atoms with Crippen molar-refractivity contribution < 1.29 is 32.8 Å². The van der Waals surface area contributed by atoms with Gasteiger partial charge >= 0.3 is 13.8 Å². The molecule has 0 aliphatic carbocycles. The van der Waals surface area contributed by atoms with E-state index in [1.807, 2.05) is 0 Å². The molecule has 0 saturated carbocycles. The van der Waals surface area contributed by atoms with E-state index < -0.39 is 13.9 Å². The van der Waals surface area contributed by atoms with Gasteiger partial charge in [0.1, 0.15) is 6.10 Å². The van der Waals surface area contributed by atoms with E-state index in [1.165, 1.54) is 96.3 Å². The van der Waals surface area contributed by atoms with E-state index in [9.17, 15) is 14.3 Å². The van der Waals surface area contributed by atoms with E-state index in [2.05, 4.69) is 38.2 Å². The summed E-state index contributed by atoms with van der Waals surface area (Å²) < 4.78 is 33.2. The Balaban J connectivity index is 4.13. The number of phosphoric acid groups is 1. The van der Waals surface area contributed by atoms with Gasteiger partial charge in [0.15, 0.2) is 0 Å². The molecule has 8 nitrogen and oxygen atoms in total. The number of phosphoric ester groups is 1. The molecule has 0 saturated heterocycles. The molecule has 2 atom stereocenters. The molecule has 0 aromatic carbocycles. The second-order valence-electron chi connectivity index (χ2n) is 12.1. The van der Waals surface area contributed by atoms with Crippen LogP contribution in [0.1, 0.15) is 162 Å². The fourth-order valence-corrected chi connectivity index (χ4v) is 5.62. The number of unbranched alkanes of at least 4 members (excludes halogenated alkanes) is 18. The lowest BCUT2D eigenvalue weighted by molar-refractivity contribution is -0.154. The molecule has 0 fully saturated rings. The smallest absolute Gasteiger partial charge is 0.457 e. The van der Waals surface area contributed by atoms with E-state index in [-0.39, 0.29) is 32.3 Å². The molecule has 0 bridgehead atoms. The number of esters is 1. The average Bonchev–Trinajstić information content (AvgIpc) is 3.02. The summed E-state index contributed by atoms with van der Waals surface area (Å²) in [6.45, 7) is 4.85. The molecule has 0 spiro atoms. The third-order valence-electron chi connectivity index (χ3n) is 7.59. The standard InChI is InChI=1S/C36H70NO7P/c1-3-5-7-9-11-13-15-17-18-19-21-23-25-27-29-36(38)44-35(34-43-45(39,40)42-32-30-37)33-41-31-28-26-24-22-20-16-14-12-10-8-6-4-2/h10,12,15,17,35H,3-9,11,13-14,16,18-34,37H2,1-2H3,(H,39,40)/b12-10-,17-15-. The molecular weight excluding hydrogens is 589 g/mol. The van der Waals surface area contributed by atoms with Gasteiger partial charge in [-0.1, -0.05) is 122 Å². The zero-order valence-corrected chi connectivity index (χ0v) is 30.0. The van der Waals surface area contributed by atoms with Gasteiger partial charge in [-0.15, -0.1) is 0 Å². The molecule has 45 heavy (non-hydrogen) atoms. The number of hydrogen-bond donors (Lipinski definition) is 2. The average molecular weight is 660 g/mol. The van der Waals surface area contributed by atoms with Crippen molar-refractivity contribution in [2.24, 2.45) is 5.73 Å². The molecule has 0 amide bonds. The molecule has 2 unspecified atom stereocenters. The van der Waals surface area contributed by atoms with Crippen molar-refractivity contribution in [3.8, 4) is 0 Å². The lowest BCUT2D eigenvalue weighted by atomic mass is 10.1. The Morgan fingerprint density at radius 1 is 0.644 bits per heavy atom. The number of carbonyl (C=O) groups is 1. The Hall–Kier alpha value is -1.02. The van der Waals surface area contributed by atoms with Crippen LogP contribution in [-0.2, 0) is 27.9 Å². The normalized spacial score (nSPS) is 14.0. The van der Waals surface area contributed by atoms with Crippen molar-refractivity contribution >= 4 is 13.8 Å². The minimum Gasteiger partial charge on any atom is -0.457 e. The van der Waals surface area contributed by atoms with Gasteiger partial charge in [-0.2, -0.15) is 0 Å². The molecule has 0 aliphatic rings. The molecule has 0 radical (unpaired) electrons. The first-order valence-corrected chi connectivity index (χ1v) is 19.8. The van der Waals surface area contributed by atoms with E-state index in [0.717, 1.165) is 44.9 Å². The second kappa shape index (κ2) is 34.3. The summed E-state index contributed by atoms with van der Waals surface area (Å²) in [6.07, 6.45) is 34.7. The summed E-state index contributed by atoms with van der Waals surface area (Å²) in [5.74, 6) is -0.343. The third-order valence-corrected chi connectivity index (χ3v) is 8.58. The maximum absolute atomic E-state index is 12.5. The topological polar surface area (TPSA) is 117 Å². The highest BCUT2D eigenvalue weighted by molar-refractivity contribution is 7.47. The second-order valence-corrected chi connectivity index (χ2v) is 13.5. The van der Waals surface area contributed by atoms with Gasteiger partial charge in [0.2, 0.25) is 0 Å². The van der Waals surface area contributed by atoms with Crippen molar-refractivity contribution in [2.75, 3.05) is 33.0 Å². The first-order valence-electron chi connectivity index (χ1n) is 18.3. The van der Waals surface area contributed by atoms with Crippen molar-refractivity contribution in [3.63, 3.8) is 0 Å². The van der Waals surface area contributed by atoms with Gasteiger partial charge in [0.25, 0.3) is 0 Å². The number of carbonyl (C=O) groups excluding carboxylic acids is 1. The molecule has 9 heteroatoms. The quantitative estimate of drug-likeness (QED) is 0.0299. The van der Waals surface area contributed by atoms with Crippen LogP contribution in [0.15, 0.2) is 24.3 Å². The van der Waals surface area contributed by atoms with Crippen LogP contribution in [0.2, 0.25) is 0 Å². The predicted molar refractivity (Wildman–Crippen MR) is 187 cm³/mol. The molecule has 3 N–H and O–H groups in total. The zero-order chi connectivity index (χ0) is 33.1. The summed E-state index contributed by atoms with van der Waals surface area (Å²) in [5, 5.41) is 0. The van der Waals surface area contributed by atoms with Crippen LogP contribution in [0, 0.1) is 0 Å². The van der Waals surface area contributed by atoms with Crippen LogP contribution >= 0.6 is 7.82 Å². The fourth-order valence-electron chi connectivity index (χ4n) is 4.85. The van der Waals surface area contributed by atoms with Crippen LogP contribution in [0.3, 0.4) is 0 Å². The zero-order valence-electron chi connectivity index (χ0n) is 29.1. The molecule has 0 rings (SSSR count). The molecule has 0 aliphatic heterocycles. The van der Waals surface area contributed by atoms with E-state index in [1.54, 1.807) is 0 Å². The number of nitrogens with two attached hydrogens (primary N) is 1. The number of ether oxygens (including phenoxy) is 2. The molecular formula is C36H70NO7P. The van der Waals surface area contributed by atoms with Gasteiger partial charge in [-0.3, -0.25) is 13.8 Å². The van der Waals surface area contributed by atoms with Gasteiger partial charge in [-0.05, 0) is 57.8 Å². The van der Waals surface area contributed by atoms with E-state index in [0.29, 0.717) is 13.0 Å². The lowest BCUT2D eigenvalue weighted by Gasteiger charge is -2.20. The summed E-state index contributed by atoms with van der Waals surface area (Å²) in [4.78, 5) is 22.3. The van der Waals surface area contributed by atoms with Crippen LogP contribution in [0.4, 0.5) is 0 Å². The highest BCUT2D eigenvalue weighted by atomic mass is 31.2.